The molecule has 27 heavy (non-hydrogen) atoms. The number of aromatic carboxylic acids is 1. The second kappa shape index (κ2) is 7.48. The third kappa shape index (κ3) is 4.51. The second-order valence-electron chi connectivity index (χ2n) is 5.71. The van der Waals surface area contributed by atoms with Gasteiger partial charge in [-0.1, -0.05) is 19.1 Å². The monoisotopic (exact) mass is 396 g/mol. The van der Waals surface area contributed by atoms with Crippen molar-refractivity contribution in [2.24, 2.45) is 0 Å². The zero-order chi connectivity index (χ0) is 19.6. The molecule has 142 valence electrons. The quantitative estimate of drug-likeness (QED) is 0.586. The number of aryl methyl sites for hydroxylation is 1. The number of rotatable bonds is 6. The van der Waals surface area contributed by atoms with Crippen LogP contribution < -0.4 is 9.47 Å². The number of alkyl halides is 3. The van der Waals surface area contributed by atoms with Crippen molar-refractivity contribution in [3.63, 3.8) is 0 Å². The van der Waals surface area contributed by atoms with Gasteiger partial charge in [-0.25, -0.2) is 4.79 Å². The van der Waals surface area contributed by atoms with Crippen LogP contribution in [0.25, 0.3) is 10.1 Å². The highest BCUT2D eigenvalue weighted by molar-refractivity contribution is 7.19. The number of halogens is 3. The van der Waals surface area contributed by atoms with Crippen molar-refractivity contribution in [3.8, 4) is 11.5 Å². The summed E-state index contributed by atoms with van der Waals surface area (Å²) >= 11 is 1.56. The maximum atomic E-state index is 12.2. The van der Waals surface area contributed by atoms with Crippen LogP contribution in [0.1, 0.15) is 27.7 Å². The summed E-state index contributed by atoms with van der Waals surface area (Å²) in [6.07, 6.45) is -3.93. The zero-order valence-electron chi connectivity index (χ0n) is 14.2. The van der Waals surface area contributed by atoms with Crippen LogP contribution in [-0.4, -0.2) is 17.4 Å². The topological polar surface area (TPSA) is 55.8 Å². The van der Waals surface area contributed by atoms with E-state index in [0.717, 1.165) is 16.0 Å². The van der Waals surface area contributed by atoms with E-state index in [1.54, 1.807) is 17.4 Å². The summed E-state index contributed by atoms with van der Waals surface area (Å²) in [5.74, 6) is -1.18. The maximum absolute atomic E-state index is 12.2. The van der Waals surface area contributed by atoms with Gasteiger partial charge < -0.3 is 14.6 Å². The standard InChI is InChI=1S/C19H15F3O4S/c1-2-13-9-15-16(27-13)8-7-14(18(23)24)17(15)25-10-11-3-5-12(6-4-11)26-19(20,21)22/h3-9H,2,10H2,1H3,(H,23,24). The third-order valence-electron chi connectivity index (χ3n) is 3.82. The highest BCUT2D eigenvalue weighted by Gasteiger charge is 2.31. The predicted molar refractivity (Wildman–Crippen MR) is 95.6 cm³/mol. The van der Waals surface area contributed by atoms with Gasteiger partial charge in [0.25, 0.3) is 0 Å². The highest BCUT2D eigenvalue weighted by Crippen LogP contribution is 2.36. The molecule has 4 nitrogen and oxygen atoms in total. The molecule has 2 aromatic carbocycles. The summed E-state index contributed by atoms with van der Waals surface area (Å²) in [6.45, 7) is 2.02. The third-order valence-corrected chi connectivity index (χ3v) is 5.07. The first-order valence-corrected chi connectivity index (χ1v) is 8.84. The summed E-state index contributed by atoms with van der Waals surface area (Å²) in [5, 5.41) is 10.1. The fourth-order valence-corrected chi connectivity index (χ4v) is 3.58. The van der Waals surface area contributed by atoms with E-state index in [1.807, 2.05) is 13.0 Å². The average Bonchev–Trinajstić information content (AvgIpc) is 3.03. The number of thiophene rings is 1. The molecule has 0 amide bonds. The lowest BCUT2D eigenvalue weighted by Gasteiger charge is -2.12. The lowest BCUT2D eigenvalue weighted by molar-refractivity contribution is -0.274. The Morgan fingerprint density at radius 2 is 1.85 bits per heavy atom. The van der Waals surface area contributed by atoms with Crippen LogP contribution in [0.15, 0.2) is 42.5 Å². The van der Waals surface area contributed by atoms with Crippen LogP contribution in [0.5, 0.6) is 11.5 Å². The molecule has 0 aliphatic carbocycles. The Balaban J connectivity index is 1.84. The molecule has 1 heterocycles. The first kappa shape index (κ1) is 19.0. The molecule has 0 saturated heterocycles. The lowest BCUT2D eigenvalue weighted by Crippen LogP contribution is -2.17. The minimum absolute atomic E-state index is 0.0169. The number of hydrogen-bond acceptors (Lipinski definition) is 4. The average molecular weight is 396 g/mol. The Labute approximate surface area is 156 Å². The van der Waals surface area contributed by atoms with Crippen molar-refractivity contribution in [3.05, 3.63) is 58.5 Å². The van der Waals surface area contributed by atoms with Crippen LogP contribution in [0, 0.1) is 0 Å². The van der Waals surface area contributed by atoms with Gasteiger partial charge in [0.2, 0.25) is 0 Å². The molecule has 0 fully saturated rings. The van der Waals surface area contributed by atoms with Crippen molar-refractivity contribution in [2.45, 2.75) is 26.3 Å². The van der Waals surface area contributed by atoms with Crippen molar-refractivity contribution < 1.29 is 32.5 Å². The molecule has 0 saturated carbocycles. The largest absolute Gasteiger partial charge is 0.573 e. The Kier molecular flexibility index (Phi) is 5.27. The number of carboxylic acid groups (broad SMARTS) is 1. The Hall–Kier alpha value is -2.74. The fourth-order valence-electron chi connectivity index (χ4n) is 2.58. The van der Waals surface area contributed by atoms with Gasteiger partial charge in [0, 0.05) is 15.0 Å². The molecule has 0 unspecified atom stereocenters. The van der Waals surface area contributed by atoms with E-state index in [-0.39, 0.29) is 23.7 Å². The van der Waals surface area contributed by atoms with E-state index in [1.165, 1.54) is 30.3 Å². The van der Waals surface area contributed by atoms with Gasteiger partial charge in [-0.3, -0.25) is 0 Å². The Bertz CT molecular complexity index is 961. The van der Waals surface area contributed by atoms with Gasteiger partial charge >= 0.3 is 12.3 Å². The molecular weight excluding hydrogens is 381 g/mol. The van der Waals surface area contributed by atoms with E-state index in [0.29, 0.717) is 10.9 Å². The van der Waals surface area contributed by atoms with Crippen LogP contribution in [0.3, 0.4) is 0 Å². The Morgan fingerprint density at radius 3 is 2.44 bits per heavy atom. The molecule has 0 radical (unpaired) electrons. The number of fused-ring (bicyclic) bond motifs is 1. The second-order valence-corrected chi connectivity index (χ2v) is 6.87. The molecule has 0 aliphatic rings. The lowest BCUT2D eigenvalue weighted by atomic mass is 10.1. The Morgan fingerprint density at radius 1 is 1.15 bits per heavy atom. The molecule has 8 heteroatoms. The number of carbonyl (C=O) groups is 1. The molecule has 0 atom stereocenters. The SMILES string of the molecule is CCc1cc2c(OCc3ccc(OC(F)(F)F)cc3)c(C(=O)O)ccc2s1. The summed E-state index contributed by atoms with van der Waals surface area (Å²) in [5.41, 5.74) is 0.629. The highest BCUT2D eigenvalue weighted by atomic mass is 32.1. The fraction of sp³-hybridized carbons (Fsp3) is 0.211. The van der Waals surface area contributed by atoms with Gasteiger partial charge in [-0.2, -0.15) is 0 Å². The van der Waals surface area contributed by atoms with E-state index in [2.05, 4.69) is 4.74 Å². The van der Waals surface area contributed by atoms with Crippen molar-refractivity contribution >= 4 is 27.4 Å². The van der Waals surface area contributed by atoms with Crippen molar-refractivity contribution in [1.82, 2.24) is 0 Å². The molecular formula is C19H15F3O4S. The summed E-state index contributed by atoms with van der Waals surface area (Å²) in [4.78, 5) is 12.6. The molecule has 0 spiro atoms. The minimum Gasteiger partial charge on any atom is -0.487 e. The molecule has 0 aliphatic heterocycles. The van der Waals surface area contributed by atoms with Crippen molar-refractivity contribution in [1.29, 1.82) is 0 Å². The molecule has 1 aromatic heterocycles. The zero-order valence-corrected chi connectivity index (χ0v) is 15.0. The van der Waals surface area contributed by atoms with E-state index in [4.69, 9.17) is 4.74 Å². The summed E-state index contributed by atoms with van der Waals surface area (Å²) < 4.78 is 47.1. The first-order valence-electron chi connectivity index (χ1n) is 8.03. The predicted octanol–water partition coefficient (Wildman–Crippen LogP) is 5.64. The maximum Gasteiger partial charge on any atom is 0.573 e. The van der Waals surface area contributed by atoms with Crippen LogP contribution in [-0.2, 0) is 13.0 Å². The molecule has 3 aromatic rings. The van der Waals surface area contributed by atoms with E-state index in [9.17, 15) is 23.1 Å². The van der Waals surface area contributed by atoms with E-state index >= 15 is 0 Å². The molecule has 0 bridgehead atoms. The number of hydrogen-bond donors (Lipinski definition) is 1. The van der Waals surface area contributed by atoms with Gasteiger partial charge in [0.1, 0.15) is 23.7 Å². The summed E-state index contributed by atoms with van der Waals surface area (Å²) in [6, 6.07) is 10.4. The summed E-state index contributed by atoms with van der Waals surface area (Å²) in [7, 11) is 0. The van der Waals surface area contributed by atoms with Gasteiger partial charge in [-0.15, -0.1) is 24.5 Å². The smallest absolute Gasteiger partial charge is 0.487 e. The van der Waals surface area contributed by atoms with E-state index < -0.39 is 12.3 Å². The van der Waals surface area contributed by atoms with Crippen LogP contribution in [0.4, 0.5) is 13.2 Å². The number of benzene rings is 2. The van der Waals surface area contributed by atoms with Gasteiger partial charge in [0.05, 0.1) is 0 Å². The number of carboxylic acids is 1. The van der Waals surface area contributed by atoms with Gasteiger partial charge in [-0.05, 0) is 42.3 Å². The minimum atomic E-state index is -4.75. The first-order chi connectivity index (χ1) is 12.8. The molecule has 3 rings (SSSR count). The number of ether oxygens (including phenoxy) is 2. The van der Waals surface area contributed by atoms with Crippen LogP contribution in [0.2, 0.25) is 0 Å². The molecule has 1 N–H and O–H groups in total. The van der Waals surface area contributed by atoms with Gasteiger partial charge in [0.15, 0.2) is 0 Å². The van der Waals surface area contributed by atoms with Crippen LogP contribution >= 0.6 is 11.3 Å². The normalized spacial score (nSPS) is 11.6. The van der Waals surface area contributed by atoms with Crippen molar-refractivity contribution in [2.75, 3.05) is 0 Å².